The van der Waals surface area contributed by atoms with E-state index >= 15 is 0 Å². The van der Waals surface area contributed by atoms with Crippen LogP contribution in [0.2, 0.25) is 0 Å². The van der Waals surface area contributed by atoms with E-state index in [0.717, 1.165) is 28.3 Å². The smallest absolute Gasteiger partial charge is 0.260 e. The van der Waals surface area contributed by atoms with Gasteiger partial charge in [0.15, 0.2) is 11.5 Å². The van der Waals surface area contributed by atoms with Crippen molar-refractivity contribution in [3.8, 4) is 22.6 Å². The summed E-state index contributed by atoms with van der Waals surface area (Å²) in [4.78, 5) is 23.8. The third-order valence-corrected chi connectivity index (χ3v) is 6.35. The molecule has 0 bridgehead atoms. The maximum Gasteiger partial charge on any atom is 0.260 e. The Hall–Kier alpha value is -2.38. The first-order valence-electron chi connectivity index (χ1n) is 9.57. The molecule has 28 heavy (non-hydrogen) atoms. The summed E-state index contributed by atoms with van der Waals surface area (Å²) < 4.78 is 10.7. The van der Waals surface area contributed by atoms with Crippen LogP contribution in [-0.2, 0) is 6.54 Å². The Balaban J connectivity index is 1.70. The number of H-pyrrole nitrogens is 1. The number of hydrogen-bond donors (Lipinski definition) is 1. The molecule has 0 amide bonds. The van der Waals surface area contributed by atoms with E-state index in [9.17, 15) is 4.79 Å². The summed E-state index contributed by atoms with van der Waals surface area (Å²) in [6.45, 7) is 4.00. The molecule has 1 aromatic carbocycles. The molecule has 3 aromatic rings. The van der Waals surface area contributed by atoms with E-state index in [-0.39, 0.29) is 5.56 Å². The summed E-state index contributed by atoms with van der Waals surface area (Å²) in [5.41, 5.74) is 1.69. The Morgan fingerprint density at radius 2 is 2.07 bits per heavy atom. The summed E-state index contributed by atoms with van der Waals surface area (Å²) in [5.74, 6) is 2.04. The molecule has 0 saturated carbocycles. The molecule has 0 aliphatic carbocycles. The normalized spacial score (nSPS) is 17.8. The number of thiophene rings is 1. The first-order chi connectivity index (χ1) is 13.6. The third-order valence-electron chi connectivity index (χ3n) is 5.48. The summed E-state index contributed by atoms with van der Waals surface area (Å²) in [5, 5.41) is 2.62. The third kappa shape index (κ3) is 3.52. The van der Waals surface area contributed by atoms with Crippen LogP contribution in [0.3, 0.4) is 0 Å². The number of benzene rings is 1. The average Bonchev–Trinajstić information content (AvgIpc) is 3.14. The van der Waals surface area contributed by atoms with Crippen LogP contribution >= 0.6 is 11.3 Å². The molecule has 1 saturated heterocycles. The number of ether oxygens (including phenoxy) is 2. The fourth-order valence-corrected chi connectivity index (χ4v) is 4.84. The number of fused-ring (bicyclic) bond motifs is 1. The molecule has 1 unspecified atom stereocenters. The molecule has 0 spiro atoms. The van der Waals surface area contributed by atoms with E-state index in [2.05, 4.69) is 16.8 Å². The molecule has 1 fully saturated rings. The Kier molecular flexibility index (Phi) is 5.37. The van der Waals surface area contributed by atoms with E-state index < -0.39 is 0 Å². The maximum absolute atomic E-state index is 12.9. The van der Waals surface area contributed by atoms with Crippen LogP contribution in [-0.4, -0.2) is 41.7 Å². The molecule has 6 nitrogen and oxygen atoms in total. The SMILES string of the molecule is COc1ccc(-c2csc3nc(CN4CCCCC4C)[nH]c(=O)c23)cc1OC. The minimum Gasteiger partial charge on any atom is -0.493 e. The van der Waals surface area contributed by atoms with Crippen LogP contribution < -0.4 is 15.0 Å². The summed E-state index contributed by atoms with van der Waals surface area (Å²) >= 11 is 1.50. The minimum absolute atomic E-state index is 0.0873. The largest absolute Gasteiger partial charge is 0.493 e. The van der Waals surface area contributed by atoms with Crippen LogP contribution in [0.4, 0.5) is 0 Å². The van der Waals surface area contributed by atoms with Gasteiger partial charge in [0.1, 0.15) is 10.7 Å². The number of hydrogen-bond acceptors (Lipinski definition) is 6. The van der Waals surface area contributed by atoms with E-state index in [1.165, 1.54) is 30.6 Å². The lowest BCUT2D eigenvalue weighted by atomic mass is 10.0. The van der Waals surface area contributed by atoms with Gasteiger partial charge in [0, 0.05) is 17.0 Å². The lowest BCUT2D eigenvalue weighted by molar-refractivity contribution is 0.149. The van der Waals surface area contributed by atoms with Crippen molar-refractivity contribution in [3.63, 3.8) is 0 Å². The number of aromatic amines is 1. The number of piperidine rings is 1. The predicted octanol–water partition coefficient (Wildman–Crippen LogP) is 4.04. The van der Waals surface area contributed by atoms with Crippen molar-refractivity contribution in [1.29, 1.82) is 0 Å². The Morgan fingerprint density at radius 3 is 2.82 bits per heavy atom. The zero-order valence-electron chi connectivity index (χ0n) is 16.4. The van der Waals surface area contributed by atoms with Crippen molar-refractivity contribution in [1.82, 2.24) is 14.9 Å². The Labute approximate surface area is 168 Å². The summed E-state index contributed by atoms with van der Waals surface area (Å²) in [6, 6.07) is 6.21. The van der Waals surface area contributed by atoms with Gasteiger partial charge in [-0.2, -0.15) is 0 Å². The lowest BCUT2D eigenvalue weighted by Gasteiger charge is -2.32. The van der Waals surface area contributed by atoms with E-state index in [1.807, 2.05) is 23.6 Å². The molecule has 3 heterocycles. The number of likely N-dealkylation sites (tertiary alicyclic amines) is 1. The fraction of sp³-hybridized carbons (Fsp3) is 0.429. The summed E-state index contributed by atoms with van der Waals surface area (Å²) in [7, 11) is 3.21. The maximum atomic E-state index is 12.9. The zero-order valence-corrected chi connectivity index (χ0v) is 17.3. The minimum atomic E-state index is -0.0873. The van der Waals surface area contributed by atoms with Crippen LogP contribution in [0.15, 0.2) is 28.4 Å². The molecular weight excluding hydrogens is 374 g/mol. The van der Waals surface area contributed by atoms with Gasteiger partial charge < -0.3 is 14.5 Å². The van der Waals surface area contributed by atoms with Crippen molar-refractivity contribution in [2.75, 3.05) is 20.8 Å². The lowest BCUT2D eigenvalue weighted by Crippen LogP contribution is -2.37. The molecule has 1 aliphatic heterocycles. The molecule has 1 aliphatic rings. The molecule has 0 radical (unpaired) electrons. The zero-order chi connectivity index (χ0) is 19.7. The van der Waals surface area contributed by atoms with Crippen molar-refractivity contribution < 1.29 is 9.47 Å². The standard InChI is InChI=1S/C21H25N3O3S/c1-13-6-4-5-9-24(13)11-18-22-20(25)19-15(12-28-21(19)23-18)14-7-8-16(26-2)17(10-14)27-3/h7-8,10,12-13H,4-6,9,11H2,1-3H3,(H,22,23,25). The Morgan fingerprint density at radius 1 is 1.25 bits per heavy atom. The van der Waals surface area contributed by atoms with Crippen molar-refractivity contribution in [2.24, 2.45) is 0 Å². The van der Waals surface area contributed by atoms with Crippen LogP contribution in [0.5, 0.6) is 11.5 Å². The number of rotatable bonds is 5. The molecule has 7 heteroatoms. The molecule has 148 valence electrons. The fourth-order valence-electron chi connectivity index (χ4n) is 3.87. The topological polar surface area (TPSA) is 67.5 Å². The number of nitrogens with zero attached hydrogens (tertiary/aromatic N) is 2. The highest BCUT2D eigenvalue weighted by molar-refractivity contribution is 7.17. The quantitative estimate of drug-likeness (QED) is 0.701. The van der Waals surface area contributed by atoms with Gasteiger partial charge in [-0.25, -0.2) is 4.98 Å². The molecule has 2 aromatic heterocycles. The van der Waals surface area contributed by atoms with E-state index in [4.69, 9.17) is 14.5 Å². The number of nitrogens with one attached hydrogen (secondary N) is 1. The van der Waals surface area contributed by atoms with Gasteiger partial charge in [0.25, 0.3) is 5.56 Å². The van der Waals surface area contributed by atoms with Gasteiger partial charge >= 0.3 is 0 Å². The van der Waals surface area contributed by atoms with Crippen LogP contribution in [0.25, 0.3) is 21.3 Å². The van der Waals surface area contributed by atoms with E-state index in [1.54, 1.807) is 14.2 Å². The predicted molar refractivity (Wildman–Crippen MR) is 113 cm³/mol. The number of methoxy groups -OCH3 is 2. The molecule has 1 atom stereocenters. The van der Waals surface area contributed by atoms with Gasteiger partial charge in [0.05, 0.1) is 26.2 Å². The first kappa shape index (κ1) is 19.0. The van der Waals surface area contributed by atoms with Crippen molar-refractivity contribution in [2.45, 2.75) is 38.8 Å². The van der Waals surface area contributed by atoms with Crippen molar-refractivity contribution in [3.05, 3.63) is 39.8 Å². The van der Waals surface area contributed by atoms with Gasteiger partial charge in [-0.05, 0) is 44.0 Å². The number of aromatic nitrogens is 2. The second-order valence-electron chi connectivity index (χ2n) is 7.23. The average molecular weight is 400 g/mol. The molecular formula is C21H25N3O3S. The van der Waals surface area contributed by atoms with Crippen molar-refractivity contribution >= 4 is 21.6 Å². The highest BCUT2D eigenvalue weighted by atomic mass is 32.1. The summed E-state index contributed by atoms with van der Waals surface area (Å²) in [6.07, 6.45) is 3.69. The van der Waals surface area contributed by atoms with E-state index in [0.29, 0.717) is 29.5 Å². The second kappa shape index (κ2) is 7.93. The van der Waals surface area contributed by atoms with Crippen LogP contribution in [0, 0.1) is 0 Å². The van der Waals surface area contributed by atoms with Gasteiger partial charge in [-0.3, -0.25) is 9.69 Å². The monoisotopic (exact) mass is 399 g/mol. The highest BCUT2D eigenvalue weighted by Crippen LogP contribution is 2.36. The second-order valence-corrected chi connectivity index (χ2v) is 8.09. The molecule has 4 rings (SSSR count). The van der Waals surface area contributed by atoms with Gasteiger partial charge in [0.2, 0.25) is 0 Å². The van der Waals surface area contributed by atoms with Gasteiger partial charge in [-0.15, -0.1) is 11.3 Å². The van der Waals surface area contributed by atoms with Gasteiger partial charge in [-0.1, -0.05) is 12.5 Å². The Bertz CT molecular complexity index is 1040. The molecule has 1 N–H and O–H groups in total. The highest BCUT2D eigenvalue weighted by Gasteiger charge is 2.20. The first-order valence-corrected chi connectivity index (χ1v) is 10.5. The van der Waals surface area contributed by atoms with Crippen LogP contribution in [0.1, 0.15) is 32.0 Å².